The highest BCUT2D eigenvalue weighted by Crippen LogP contribution is 2.69. The van der Waals surface area contributed by atoms with Crippen LogP contribution >= 0.6 is 0 Å². The van der Waals surface area contributed by atoms with Gasteiger partial charge in [0.2, 0.25) is 0 Å². The Labute approximate surface area is 134 Å². The van der Waals surface area contributed by atoms with Crippen LogP contribution in [0.4, 0.5) is 0 Å². The van der Waals surface area contributed by atoms with E-state index >= 15 is 0 Å². The van der Waals surface area contributed by atoms with Crippen LogP contribution in [-0.4, -0.2) is 22.4 Å². The predicted octanol–water partition coefficient (Wildman–Crippen LogP) is 3.67. The van der Waals surface area contributed by atoms with Crippen molar-refractivity contribution in [3.05, 3.63) is 11.6 Å². The molecule has 0 aromatic heterocycles. The summed E-state index contributed by atoms with van der Waals surface area (Å²) >= 11 is 0. The maximum Gasteiger partial charge on any atom is 0.0606 e. The third-order valence-corrected chi connectivity index (χ3v) is 8.93. The molecule has 5 aliphatic carbocycles. The lowest BCUT2D eigenvalue weighted by Crippen LogP contribution is -2.51. The lowest BCUT2D eigenvalue weighted by molar-refractivity contribution is -0.0719. The van der Waals surface area contributed by atoms with E-state index in [2.05, 4.69) is 13.0 Å². The highest BCUT2D eigenvalue weighted by molar-refractivity contribution is 5.32. The van der Waals surface area contributed by atoms with Crippen LogP contribution in [0.3, 0.4) is 0 Å². The molecule has 2 nitrogen and oxygen atoms in total. The summed E-state index contributed by atoms with van der Waals surface area (Å²) in [7, 11) is 0. The first kappa shape index (κ1) is 14.0. The van der Waals surface area contributed by atoms with Crippen molar-refractivity contribution < 1.29 is 10.2 Å². The zero-order chi connectivity index (χ0) is 15.1. The van der Waals surface area contributed by atoms with Gasteiger partial charge in [-0.15, -0.1) is 0 Å². The van der Waals surface area contributed by atoms with Gasteiger partial charge in [-0.05, 0) is 86.4 Å². The Kier molecular flexibility index (Phi) is 2.80. The Morgan fingerprint density at radius 1 is 0.955 bits per heavy atom. The monoisotopic (exact) mass is 302 g/mol. The van der Waals surface area contributed by atoms with Gasteiger partial charge in [0.25, 0.3) is 0 Å². The quantitative estimate of drug-likeness (QED) is 0.670. The van der Waals surface area contributed by atoms with Crippen LogP contribution in [0.15, 0.2) is 11.6 Å². The Hall–Kier alpha value is -0.340. The van der Waals surface area contributed by atoms with E-state index in [1.165, 1.54) is 44.9 Å². The van der Waals surface area contributed by atoms with Crippen LogP contribution in [0.1, 0.15) is 64.7 Å². The normalized spacial score (nSPS) is 59.5. The SMILES string of the molecule is C[C@]12CC[C@H]3[C@@H](CC=C4[C@H]5CC[C@]43CC[C@H]5O)[C@@H]1CC[C@@H]2O. The van der Waals surface area contributed by atoms with Crippen molar-refractivity contribution in [2.75, 3.05) is 0 Å². The number of fused-ring (bicyclic) bond motifs is 3. The molecule has 0 unspecified atom stereocenters. The van der Waals surface area contributed by atoms with Crippen molar-refractivity contribution in [1.29, 1.82) is 0 Å². The van der Waals surface area contributed by atoms with Crippen molar-refractivity contribution in [3.63, 3.8) is 0 Å². The van der Waals surface area contributed by atoms with E-state index in [4.69, 9.17) is 0 Å². The number of aliphatic hydroxyl groups excluding tert-OH is 2. The fourth-order valence-corrected chi connectivity index (χ4v) is 7.84. The molecule has 0 saturated heterocycles. The molecule has 2 heteroatoms. The first-order chi connectivity index (χ1) is 10.6. The number of rotatable bonds is 0. The molecule has 0 aliphatic heterocycles. The van der Waals surface area contributed by atoms with E-state index in [1.807, 2.05) is 0 Å². The molecular weight excluding hydrogens is 272 g/mol. The summed E-state index contributed by atoms with van der Waals surface area (Å²) in [6.45, 7) is 2.37. The minimum Gasteiger partial charge on any atom is -0.393 e. The van der Waals surface area contributed by atoms with Gasteiger partial charge in [-0.1, -0.05) is 18.6 Å². The minimum atomic E-state index is -0.0689. The van der Waals surface area contributed by atoms with Gasteiger partial charge in [0.05, 0.1) is 12.2 Å². The molecule has 2 N–H and O–H groups in total. The van der Waals surface area contributed by atoms with Crippen LogP contribution in [0, 0.1) is 34.5 Å². The van der Waals surface area contributed by atoms with Crippen molar-refractivity contribution >= 4 is 0 Å². The molecule has 8 atom stereocenters. The van der Waals surface area contributed by atoms with Gasteiger partial charge >= 0.3 is 0 Å². The van der Waals surface area contributed by atoms with E-state index in [9.17, 15) is 10.2 Å². The topological polar surface area (TPSA) is 40.5 Å². The van der Waals surface area contributed by atoms with Crippen molar-refractivity contribution in [1.82, 2.24) is 0 Å². The number of hydrogen-bond acceptors (Lipinski definition) is 2. The minimum absolute atomic E-state index is 0.0640. The Morgan fingerprint density at radius 2 is 1.77 bits per heavy atom. The van der Waals surface area contributed by atoms with Gasteiger partial charge in [0.15, 0.2) is 0 Å². The Balaban J connectivity index is 1.54. The molecule has 4 fully saturated rings. The largest absolute Gasteiger partial charge is 0.393 e. The second-order valence-corrected chi connectivity index (χ2v) is 9.32. The number of allylic oxidation sites excluding steroid dienone is 1. The standard InChI is InChI=1S/C20H30O2/c1-19-9-7-16-12(14(19)4-5-18(19)22)2-3-15-13-6-10-20(15,16)11-8-17(13)21/h3,12-14,16-18,21-22H,2,4-11H2,1H3/t12-,13+,14-,16-,17+,18-,19-,20-/m0/s1. The van der Waals surface area contributed by atoms with Gasteiger partial charge in [-0.2, -0.15) is 0 Å². The van der Waals surface area contributed by atoms with Crippen molar-refractivity contribution in [2.24, 2.45) is 34.5 Å². The van der Waals surface area contributed by atoms with Crippen molar-refractivity contribution in [3.8, 4) is 0 Å². The molecule has 0 amide bonds. The molecule has 5 rings (SSSR count). The third kappa shape index (κ3) is 1.50. The molecule has 22 heavy (non-hydrogen) atoms. The van der Waals surface area contributed by atoms with E-state index in [-0.39, 0.29) is 17.6 Å². The van der Waals surface area contributed by atoms with Crippen LogP contribution in [0.2, 0.25) is 0 Å². The van der Waals surface area contributed by atoms with Crippen LogP contribution in [-0.2, 0) is 0 Å². The molecule has 122 valence electrons. The average Bonchev–Trinajstić information content (AvgIpc) is 2.98. The smallest absolute Gasteiger partial charge is 0.0606 e. The molecule has 0 aromatic rings. The highest BCUT2D eigenvalue weighted by atomic mass is 16.3. The summed E-state index contributed by atoms with van der Waals surface area (Å²) in [4.78, 5) is 0. The van der Waals surface area contributed by atoms with Crippen LogP contribution in [0.5, 0.6) is 0 Å². The molecule has 0 heterocycles. The fourth-order valence-electron chi connectivity index (χ4n) is 7.84. The highest BCUT2D eigenvalue weighted by Gasteiger charge is 2.62. The first-order valence-corrected chi connectivity index (χ1v) is 9.63. The van der Waals surface area contributed by atoms with Gasteiger partial charge in [-0.25, -0.2) is 0 Å². The van der Waals surface area contributed by atoms with E-state index in [0.717, 1.165) is 30.6 Å². The number of hydrogen-bond donors (Lipinski definition) is 2. The molecule has 0 aromatic carbocycles. The Bertz CT molecular complexity index is 526. The zero-order valence-corrected chi connectivity index (χ0v) is 13.8. The van der Waals surface area contributed by atoms with Gasteiger partial charge < -0.3 is 10.2 Å². The molecule has 0 spiro atoms. The Morgan fingerprint density at radius 3 is 2.64 bits per heavy atom. The zero-order valence-electron chi connectivity index (χ0n) is 13.8. The van der Waals surface area contributed by atoms with Gasteiger partial charge in [0.1, 0.15) is 0 Å². The van der Waals surface area contributed by atoms with E-state index < -0.39 is 0 Å². The summed E-state index contributed by atoms with van der Waals surface area (Å²) < 4.78 is 0. The van der Waals surface area contributed by atoms with Gasteiger partial charge in [-0.3, -0.25) is 0 Å². The average molecular weight is 302 g/mol. The van der Waals surface area contributed by atoms with E-state index in [0.29, 0.717) is 11.3 Å². The van der Waals surface area contributed by atoms with Crippen molar-refractivity contribution in [2.45, 2.75) is 76.9 Å². The lowest BCUT2D eigenvalue weighted by atomic mass is 9.48. The molecule has 2 bridgehead atoms. The second-order valence-electron chi connectivity index (χ2n) is 9.32. The number of aliphatic hydroxyl groups is 2. The molecule has 4 saturated carbocycles. The maximum absolute atomic E-state index is 10.5. The predicted molar refractivity (Wildman–Crippen MR) is 86.1 cm³/mol. The van der Waals surface area contributed by atoms with Crippen LogP contribution < -0.4 is 0 Å². The summed E-state index contributed by atoms with van der Waals surface area (Å²) in [5, 5.41) is 20.9. The third-order valence-electron chi connectivity index (χ3n) is 8.93. The first-order valence-electron chi connectivity index (χ1n) is 9.63. The fraction of sp³-hybridized carbons (Fsp3) is 0.900. The second kappa shape index (κ2) is 4.39. The lowest BCUT2D eigenvalue weighted by Gasteiger charge is -2.57. The summed E-state index contributed by atoms with van der Waals surface area (Å²) in [5.41, 5.74) is 2.30. The summed E-state index contributed by atoms with van der Waals surface area (Å²) in [5.74, 6) is 2.86. The molecule has 5 aliphatic rings. The maximum atomic E-state index is 10.5. The summed E-state index contributed by atoms with van der Waals surface area (Å²) in [6.07, 6.45) is 13.2. The van der Waals surface area contributed by atoms with Crippen LogP contribution in [0.25, 0.3) is 0 Å². The molecular formula is C20H30O2. The summed E-state index contributed by atoms with van der Waals surface area (Å²) in [6, 6.07) is 0. The van der Waals surface area contributed by atoms with E-state index in [1.54, 1.807) is 5.57 Å². The molecule has 0 radical (unpaired) electrons. The van der Waals surface area contributed by atoms with Gasteiger partial charge in [0, 0.05) is 5.92 Å².